The van der Waals surface area contributed by atoms with E-state index in [0.717, 1.165) is 37.0 Å². The Kier molecular flexibility index (Phi) is 2.82. The minimum Gasteiger partial charge on any atom is -0.324 e. The molecular formula is C10H18N4. The van der Waals surface area contributed by atoms with Crippen LogP contribution in [0.3, 0.4) is 0 Å². The molecule has 1 heterocycles. The number of hydrogen-bond donors (Lipinski definition) is 1. The third-order valence-electron chi connectivity index (χ3n) is 2.70. The fraction of sp³-hybridized carbons (Fsp3) is 0.800. The van der Waals surface area contributed by atoms with Crippen LogP contribution in [0.25, 0.3) is 0 Å². The molecule has 4 nitrogen and oxygen atoms in total. The monoisotopic (exact) mass is 194 g/mol. The highest BCUT2D eigenvalue weighted by atomic mass is 15.3. The number of rotatable bonds is 5. The van der Waals surface area contributed by atoms with E-state index in [-0.39, 0.29) is 0 Å². The number of aromatic nitrogens is 3. The lowest BCUT2D eigenvalue weighted by Crippen LogP contribution is -2.11. The molecule has 0 aromatic carbocycles. The molecule has 0 saturated heterocycles. The van der Waals surface area contributed by atoms with Crippen LogP contribution in [0.15, 0.2) is 0 Å². The molecule has 1 aliphatic carbocycles. The highest BCUT2D eigenvalue weighted by Crippen LogP contribution is 2.32. The molecule has 0 atom stereocenters. The maximum atomic E-state index is 5.62. The molecule has 0 bridgehead atoms. The zero-order valence-corrected chi connectivity index (χ0v) is 8.74. The standard InChI is InChI=1S/C10H18N4/c1-2-5-14-9(6-8-3-4-8)12-13-10(14)7-11/h8H,2-7,11H2,1H3. The van der Waals surface area contributed by atoms with Gasteiger partial charge >= 0.3 is 0 Å². The molecule has 2 rings (SSSR count). The summed E-state index contributed by atoms with van der Waals surface area (Å²) in [5.41, 5.74) is 5.62. The molecule has 1 aromatic heterocycles. The largest absolute Gasteiger partial charge is 0.324 e. The van der Waals surface area contributed by atoms with Crippen molar-refractivity contribution >= 4 is 0 Å². The summed E-state index contributed by atoms with van der Waals surface area (Å²) >= 11 is 0. The second-order valence-electron chi connectivity index (χ2n) is 4.04. The first-order valence-corrected chi connectivity index (χ1v) is 5.46. The Morgan fingerprint density at radius 2 is 2.07 bits per heavy atom. The fourth-order valence-corrected chi connectivity index (χ4v) is 1.74. The summed E-state index contributed by atoms with van der Waals surface area (Å²) in [4.78, 5) is 0. The predicted octanol–water partition coefficient (Wildman–Crippen LogP) is 1.10. The summed E-state index contributed by atoms with van der Waals surface area (Å²) in [6, 6.07) is 0. The van der Waals surface area contributed by atoms with Crippen LogP contribution in [-0.4, -0.2) is 14.8 Å². The van der Waals surface area contributed by atoms with E-state index in [9.17, 15) is 0 Å². The third kappa shape index (κ3) is 1.95. The van der Waals surface area contributed by atoms with E-state index in [2.05, 4.69) is 21.7 Å². The molecule has 0 unspecified atom stereocenters. The Hall–Kier alpha value is -0.900. The number of hydrogen-bond acceptors (Lipinski definition) is 3. The topological polar surface area (TPSA) is 56.7 Å². The van der Waals surface area contributed by atoms with Gasteiger partial charge in [0.15, 0.2) is 0 Å². The lowest BCUT2D eigenvalue weighted by atomic mass is 10.3. The molecule has 0 amide bonds. The van der Waals surface area contributed by atoms with Gasteiger partial charge in [-0.15, -0.1) is 10.2 Å². The minimum atomic E-state index is 0.498. The maximum absolute atomic E-state index is 5.62. The van der Waals surface area contributed by atoms with Crippen LogP contribution >= 0.6 is 0 Å². The molecule has 1 saturated carbocycles. The summed E-state index contributed by atoms with van der Waals surface area (Å²) in [5.74, 6) is 2.93. The summed E-state index contributed by atoms with van der Waals surface area (Å²) in [6.07, 6.45) is 4.92. The van der Waals surface area contributed by atoms with Crippen molar-refractivity contribution in [3.05, 3.63) is 11.6 Å². The molecule has 1 aliphatic rings. The average molecular weight is 194 g/mol. The van der Waals surface area contributed by atoms with Crippen molar-refractivity contribution in [1.82, 2.24) is 14.8 Å². The van der Waals surface area contributed by atoms with Gasteiger partial charge in [0.1, 0.15) is 11.6 Å². The van der Waals surface area contributed by atoms with Gasteiger partial charge in [-0.2, -0.15) is 0 Å². The van der Waals surface area contributed by atoms with E-state index in [1.165, 1.54) is 12.8 Å². The second-order valence-corrected chi connectivity index (χ2v) is 4.04. The average Bonchev–Trinajstić information content (AvgIpc) is 2.91. The molecule has 1 fully saturated rings. The first-order chi connectivity index (χ1) is 6.85. The highest BCUT2D eigenvalue weighted by Gasteiger charge is 2.24. The molecule has 2 N–H and O–H groups in total. The predicted molar refractivity (Wildman–Crippen MR) is 54.6 cm³/mol. The van der Waals surface area contributed by atoms with Crippen LogP contribution in [0.1, 0.15) is 37.8 Å². The molecule has 0 radical (unpaired) electrons. The van der Waals surface area contributed by atoms with E-state index in [1.807, 2.05) is 0 Å². The van der Waals surface area contributed by atoms with Gasteiger partial charge in [0.25, 0.3) is 0 Å². The van der Waals surface area contributed by atoms with Crippen LogP contribution in [0.2, 0.25) is 0 Å². The molecule has 4 heteroatoms. The minimum absolute atomic E-state index is 0.498. The number of nitrogens with zero attached hydrogens (tertiary/aromatic N) is 3. The van der Waals surface area contributed by atoms with Crippen LogP contribution < -0.4 is 5.73 Å². The van der Waals surface area contributed by atoms with E-state index >= 15 is 0 Å². The molecule has 14 heavy (non-hydrogen) atoms. The number of nitrogens with two attached hydrogens (primary N) is 1. The van der Waals surface area contributed by atoms with Gasteiger partial charge in [-0.05, 0) is 25.2 Å². The van der Waals surface area contributed by atoms with Gasteiger partial charge < -0.3 is 10.3 Å². The van der Waals surface area contributed by atoms with Gasteiger partial charge in [0, 0.05) is 13.0 Å². The Morgan fingerprint density at radius 1 is 1.36 bits per heavy atom. The first kappa shape index (κ1) is 9.65. The first-order valence-electron chi connectivity index (χ1n) is 5.46. The highest BCUT2D eigenvalue weighted by molar-refractivity contribution is 4.99. The Morgan fingerprint density at radius 3 is 2.64 bits per heavy atom. The van der Waals surface area contributed by atoms with Gasteiger partial charge in [0.05, 0.1) is 6.54 Å². The van der Waals surface area contributed by atoms with Gasteiger partial charge in [-0.3, -0.25) is 0 Å². The summed E-state index contributed by atoms with van der Waals surface area (Å²) < 4.78 is 2.19. The molecule has 1 aromatic rings. The van der Waals surface area contributed by atoms with Crippen LogP contribution in [0, 0.1) is 5.92 Å². The molecule has 0 spiro atoms. The molecule has 78 valence electrons. The Bertz CT molecular complexity index is 301. The van der Waals surface area contributed by atoms with E-state index in [4.69, 9.17) is 5.73 Å². The third-order valence-corrected chi connectivity index (χ3v) is 2.70. The van der Waals surface area contributed by atoms with Crippen molar-refractivity contribution in [2.75, 3.05) is 0 Å². The zero-order valence-electron chi connectivity index (χ0n) is 8.74. The van der Waals surface area contributed by atoms with Crippen molar-refractivity contribution in [3.63, 3.8) is 0 Å². The second kappa shape index (κ2) is 4.09. The molecule has 0 aliphatic heterocycles. The van der Waals surface area contributed by atoms with Gasteiger partial charge in [-0.1, -0.05) is 6.92 Å². The summed E-state index contributed by atoms with van der Waals surface area (Å²) in [5, 5.41) is 8.34. The summed E-state index contributed by atoms with van der Waals surface area (Å²) in [6.45, 7) is 3.67. The van der Waals surface area contributed by atoms with Crippen LogP contribution in [0.4, 0.5) is 0 Å². The lowest BCUT2D eigenvalue weighted by molar-refractivity contribution is 0.594. The van der Waals surface area contributed by atoms with E-state index < -0.39 is 0 Å². The van der Waals surface area contributed by atoms with Crippen molar-refractivity contribution < 1.29 is 0 Å². The van der Waals surface area contributed by atoms with Gasteiger partial charge in [-0.25, -0.2) is 0 Å². The van der Waals surface area contributed by atoms with E-state index in [0.29, 0.717) is 6.54 Å². The van der Waals surface area contributed by atoms with Crippen molar-refractivity contribution in [2.45, 2.75) is 45.7 Å². The van der Waals surface area contributed by atoms with Crippen molar-refractivity contribution in [2.24, 2.45) is 11.7 Å². The lowest BCUT2D eigenvalue weighted by Gasteiger charge is -2.06. The zero-order chi connectivity index (χ0) is 9.97. The van der Waals surface area contributed by atoms with Gasteiger partial charge in [0.2, 0.25) is 0 Å². The van der Waals surface area contributed by atoms with Crippen LogP contribution in [-0.2, 0) is 19.5 Å². The molecular weight excluding hydrogens is 176 g/mol. The van der Waals surface area contributed by atoms with Crippen LogP contribution in [0.5, 0.6) is 0 Å². The fourth-order valence-electron chi connectivity index (χ4n) is 1.74. The Balaban J connectivity index is 2.14. The normalized spacial score (nSPS) is 16.1. The SMILES string of the molecule is CCCn1c(CN)nnc1CC1CC1. The summed E-state index contributed by atoms with van der Waals surface area (Å²) in [7, 11) is 0. The van der Waals surface area contributed by atoms with Crippen molar-refractivity contribution in [1.29, 1.82) is 0 Å². The smallest absolute Gasteiger partial charge is 0.146 e. The Labute approximate surface area is 84.5 Å². The van der Waals surface area contributed by atoms with E-state index in [1.54, 1.807) is 0 Å². The van der Waals surface area contributed by atoms with Crippen molar-refractivity contribution in [3.8, 4) is 0 Å². The quantitative estimate of drug-likeness (QED) is 0.763. The maximum Gasteiger partial charge on any atom is 0.146 e.